The lowest BCUT2D eigenvalue weighted by Crippen LogP contribution is -2.03. The number of nitrogens with zero attached hydrogens (tertiary/aromatic N) is 1. The summed E-state index contributed by atoms with van der Waals surface area (Å²) in [5.41, 5.74) is 8.69. The number of fused-ring (bicyclic) bond motifs is 1. The Morgan fingerprint density at radius 2 is 2.05 bits per heavy atom. The zero-order valence-corrected chi connectivity index (χ0v) is 11.8. The molecule has 1 aromatic carbocycles. The molecule has 102 valence electrons. The Balaban J connectivity index is 1.99. The summed E-state index contributed by atoms with van der Waals surface area (Å²) in [6.45, 7) is 5.54. The van der Waals surface area contributed by atoms with Crippen LogP contribution in [0.2, 0.25) is 0 Å². The van der Waals surface area contributed by atoms with Crippen molar-refractivity contribution in [1.82, 2.24) is 4.98 Å². The van der Waals surface area contributed by atoms with Gasteiger partial charge in [-0.3, -0.25) is 4.98 Å². The van der Waals surface area contributed by atoms with E-state index in [4.69, 9.17) is 5.73 Å². The number of unbranched alkanes of at least 4 members (excludes halogenated alkanes) is 1. The number of benzene rings is 1. The van der Waals surface area contributed by atoms with Gasteiger partial charge in [-0.05, 0) is 24.5 Å². The Morgan fingerprint density at radius 3 is 2.84 bits per heavy atom. The molecule has 3 nitrogen and oxygen atoms in total. The topological polar surface area (TPSA) is 50.9 Å². The van der Waals surface area contributed by atoms with E-state index in [1.807, 2.05) is 24.4 Å². The first kappa shape index (κ1) is 13.7. The minimum atomic E-state index is 0.737. The Hall–Kier alpha value is -1.77. The zero-order chi connectivity index (χ0) is 13.7. The van der Waals surface area contributed by atoms with Crippen molar-refractivity contribution < 1.29 is 0 Å². The van der Waals surface area contributed by atoms with E-state index in [9.17, 15) is 0 Å². The zero-order valence-electron chi connectivity index (χ0n) is 11.8. The van der Waals surface area contributed by atoms with Gasteiger partial charge < -0.3 is 11.1 Å². The van der Waals surface area contributed by atoms with Crippen LogP contribution >= 0.6 is 0 Å². The molecule has 0 saturated carbocycles. The third-order valence-electron chi connectivity index (χ3n) is 3.33. The number of rotatable bonds is 6. The standard InChI is InChI=1S/C16H23N3/c1-12(2)6-3-4-10-18-15-9-11-19-16-13(15)7-5-8-14(16)17/h5,7-9,11-12H,3-4,6,10,17H2,1-2H3,(H,18,19). The molecule has 0 fully saturated rings. The smallest absolute Gasteiger partial charge is 0.0951 e. The molecule has 3 N–H and O–H groups in total. The van der Waals surface area contributed by atoms with Crippen LogP contribution in [0, 0.1) is 5.92 Å². The van der Waals surface area contributed by atoms with Crippen molar-refractivity contribution >= 4 is 22.3 Å². The highest BCUT2D eigenvalue weighted by molar-refractivity contribution is 5.97. The lowest BCUT2D eigenvalue weighted by atomic mass is 10.1. The Kier molecular flexibility index (Phi) is 4.61. The molecule has 0 bridgehead atoms. The number of nitrogens with one attached hydrogen (secondary N) is 1. The van der Waals surface area contributed by atoms with Crippen molar-refractivity contribution in [2.75, 3.05) is 17.6 Å². The van der Waals surface area contributed by atoms with Gasteiger partial charge in [-0.15, -0.1) is 0 Å². The van der Waals surface area contributed by atoms with Crippen LogP contribution in [-0.2, 0) is 0 Å². The van der Waals surface area contributed by atoms with Crippen LogP contribution in [0.25, 0.3) is 10.9 Å². The van der Waals surface area contributed by atoms with Crippen molar-refractivity contribution in [2.45, 2.75) is 33.1 Å². The summed E-state index contributed by atoms with van der Waals surface area (Å²) < 4.78 is 0. The summed E-state index contributed by atoms with van der Waals surface area (Å²) in [5, 5.41) is 4.60. The van der Waals surface area contributed by atoms with Gasteiger partial charge in [0.25, 0.3) is 0 Å². The van der Waals surface area contributed by atoms with E-state index in [2.05, 4.69) is 30.2 Å². The highest BCUT2D eigenvalue weighted by Crippen LogP contribution is 2.25. The first-order valence-corrected chi connectivity index (χ1v) is 7.05. The van der Waals surface area contributed by atoms with Crippen LogP contribution in [-0.4, -0.2) is 11.5 Å². The maximum atomic E-state index is 5.94. The first-order chi connectivity index (χ1) is 9.18. The SMILES string of the molecule is CC(C)CCCCNc1ccnc2c(N)cccc12. The monoisotopic (exact) mass is 257 g/mol. The van der Waals surface area contributed by atoms with Crippen LogP contribution in [0.3, 0.4) is 0 Å². The highest BCUT2D eigenvalue weighted by atomic mass is 14.9. The van der Waals surface area contributed by atoms with E-state index < -0.39 is 0 Å². The molecule has 0 aliphatic heterocycles. The molecule has 1 aromatic heterocycles. The quantitative estimate of drug-likeness (QED) is 0.606. The third kappa shape index (κ3) is 3.60. The van der Waals surface area contributed by atoms with Gasteiger partial charge in [0.05, 0.1) is 11.2 Å². The van der Waals surface area contributed by atoms with Gasteiger partial charge in [0.1, 0.15) is 0 Å². The molecule has 0 radical (unpaired) electrons. The lowest BCUT2D eigenvalue weighted by Gasteiger charge is -2.10. The number of nitrogen functional groups attached to an aromatic ring is 1. The largest absolute Gasteiger partial charge is 0.397 e. The molecule has 0 aliphatic rings. The molecular formula is C16H23N3. The Morgan fingerprint density at radius 1 is 1.21 bits per heavy atom. The number of pyridine rings is 1. The molecule has 3 heteroatoms. The maximum Gasteiger partial charge on any atom is 0.0951 e. The summed E-state index contributed by atoms with van der Waals surface area (Å²) in [4.78, 5) is 4.34. The minimum Gasteiger partial charge on any atom is -0.397 e. The van der Waals surface area contributed by atoms with Gasteiger partial charge in [-0.1, -0.05) is 38.8 Å². The van der Waals surface area contributed by atoms with Crippen LogP contribution in [0.15, 0.2) is 30.5 Å². The molecule has 1 heterocycles. The first-order valence-electron chi connectivity index (χ1n) is 7.05. The van der Waals surface area contributed by atoms with E-state index >= 15 is 0 Å². The van der Waals surface area contributed by atoms with E-state index in [1.54, 1.807) is 0 Å². The highest BCUT2D eigenvalue weighted by Gasteiger charge is 2.03. The second-order valence-corrected chi connectivity index (χ2v) is 5.42. The van der Waals surface area contributed by atoms with E-state index in [1.165, 1.54) is 19.3 Å². The third-order valence-corrected chi connectivity index (χ3v) is 3.33. The second-order valence-electron chi connectivity index (χ2n) is 5.42. The molecule has 2 rings (SSSR count). The van der Waals surface area contributed by atoms with Gasteiger partial charge in [-0.2, -0.15) is 0 Å². The summed E-state index contributed by atoms with van der Waals surface area (Å²) in [6.07, 6.45) is 5.58. The van der Waals surface area contributed by atoms with Gasteiger partial charge in [0.2, 0.25) is 0 Å². The van der Waals surface area contributed by atoms with Gasteiger partial charge in [0, 0.05) is 23.8 Å². The molecule has 2 aromatic rings. The van der Waals surface area contributed by atoms with E-state index in [0.717, 1.165) is 34.7 Å². The fourth-order valence-corrected chi connectivity index (χ4v) is 2.25. The number of nitrogens with two attached hydrogens (primary N) is 1. The van der Waals surface area contributed by atoms with Crippen molar-refractivity contribution in [3.8, 4) is 0 Å². The fourth-order valence-electron chi connectivity index (χ4n) is 2.25. The summed E-state index contributed by atoms with van der Waals surface area (Å²) in [6, 6.07) is 7.95. The lowest BCUT2D eigenvalue weighted by molar-refractivity contribution is 0.545. The van der Waals surface area contributed by atoms with Crippen LogP contribution in [0.5, 0.6) is 0 Å². The van der Waals surface area contributed by atoms with Gasteiger partial charge in [0.15, 0.2) is 0 Å². The number of aromatic nitrogens is 1. The average Bonchev–Trinajstić information content (AvgIpc) is 2.39. The second kappa shape index (κ2) is 6.41. The Labute approximate surface area is 115 Å². The van der Waals surface area contributed by atoms with Crippen LogP contribution in [0.4, 0.5) is 11.4 Å². The van der Waals surface area contributed by atoms with Crippen LogP contribution in [0.1, 0.15) is 33.1 Å². The van der Waals surface area contributed by atoms with Crippen molar-refractivity contribution in [3.63, 3.8) is 0 Å². The molecule has 0 amide bonds. The number of para-hydroxylation sites is 1. The van der Waals surface area contributed by atoms with Gasteiger partial charge >= 0.3 is 0 Å². The predicted molar refractivity (Wildman–Crippen MR) is 83.3 cm³/mol. The minimum absolute atomic E-state index is 0.737. The summed E-state index contributed by atoms with van der Waals surface area (Å²) >= 11 is 0. The number of anilines is 2. The molecule has 0 spiro atoms. The number of hydrogen-bond acceptors (Lipinski definition) is 3. The van der Waals surface area contributed by atoms with E-state index in [-0.39, 0.29) is 0 Å². The molecule has 0 unspecified atom stereocenters. The predicted octanol–water partition coefficient (Wildman–Crippen LogP) is 4.06. The molecule has 0 atom stereocenters. The maximum absolute atomic E-state index is 5.94. The summed E-state index contributed by atoms with van der Waals surface area (Å²) in [5.74, 6) is 0.793. The molecule has 0 aliphatic carbocycles. The van der Waals surface area contributed by atoms with E-state index in [0.29, 0.717) is 0 Å². The van der Waals surface area contributed by atoms with Crippen LogP contribution < -0.4 is 11.1 Å². The van der Waals surface area contributed by atoms with Gasteiger partial charge in [-0.25, -0.2) is 0 Å². The van der Waals surface area contributed by atoms with Crippen molar-refractivity contribution in [3.05, 3.63) is 30.5 Å². The number of hydrogen-bond donors (Lipinski definition) is 2. The molecule has 0 saturated heterocycles. The Bertz CT molecular complexity index is 535. The normalized spacial score (nSPS) is 11.1. The summed E-state index contributed by atoms with van der Waals surface area (Å²) in [7, 11) is 0. The van der Waals surface area contributed by atoms with Crippen molar-refractivity contribution in [2.24, 2.45) is 5.92 Å². The fraction of sp³-hybridized carbons (Fsp3) is 0.438. The molecular weight excluding hydrogens is 234 g/mol. The average molecular weight is 257 g/mol. The molecule has 19 heavy (non-hydrogen) atoms. The van der Waals surface area contributed by atoms with Crippen molar-refractivity contribution in [1.29, 1.82) is 0 Å².